The predicted octanol–water partition coefficient (Wildman–Crippen LogP) is 2.46. The molecule has 10 heteroatoms. The molecule has 2 aliphatic heterocycles. The Morgan fingerprint density at radius 2 is 1.76 bits per heavy atom. The van der Waals surface area contributed by atoms with Gasteiger partial charge in [-0.1, -0.05) is 42.5 Å². The van der Waals surface area contributed by atoms with Crippen LogP contribution in [0.3, 0.4) is 0 Å². The smallest absolute Gasteiger partial charge is 0.338 e. The van der Waals surface area contributed by atoms with Crippen LogP contribution in [-0.2, 0) is 19.9 Å². The second-order valence-electron chi connectivity index (χ2n) is 8.01. The monoisotopic (exact) mass is 466 g/mol. The third kappa shape index (κ3) is 4.09. The lowest BCUT2D eigenvalue weighted by Crippen LogP contribution is -2.49. The first-order valence-electron chi connectivity index (χ1n) is 10.7. The number of carbonyl (C=O) groups excluding carboxylic acids is 4. The van der Waals surface area contributed by atoms with Crippen LogP contribution in [-0.4, -0.2) is 42.0 Å². The van der Waals surface area contributed by atoms with Crippen molar-refractivity contribution in [2.24, 2.45) is 0 Å². The maximum absolute atomic E-state index is 13.4. The molecule has 3 N–H and O–H groups in total. The summed E-state index contributed by atoms with van der Waals surface area (Å²) in [6.07, 6.45) is 0. The third-order valence-electron chi connectivity index (χ3n) is 5.79. The maximum Gasteiger partial charge on any atom is 0.338 e. The van der Waals surface area contributed by atoms with Crippen LogP contribution >= 0.6 is 0 Å². The van der Waals surface area contributed by atoms with Gasteiger partial charge in [-0.25, -0.2) is 18.8 Å². The van der Waals surface area contributed by atoms with E-state index in [0.717, 1.165) is 4.90 Å². The molecule has 0 spiro atoms. The highest BCUT2D eigenvalue weighted by atomic mass is 19.1. The van der Waals surface area contributed by atoms with Crippen LogP contribution in [0.15, 0.2) is 65.9 Å². The number of rotatable bonds is 6. The van der Waals surface area contributed by atoms with Gasteiger partial charge >= 0.3 is 18.0 Å². The average molecular weight is 466 g/mol. The largest absolute Gasteiger partial charge is 0.463 e. The fourth-order valence-corrected chi connectivity index (χ4v) is 4.07. The van der Waals surface area contributed by atoms with Crippen molar-refractivity contribution in [2.75, 3.05) is 13.2 Å². The average Bonchev–Trinajstić information content (AvgIpc) is 3.03. The van der Waals surface area contributed by atoms with E-state index >= 15 is 0 Å². The Hall–Kier alpha value is -4.21. The van der Waals surface area contributed by atoms with Crippen LogP contribution in [0, 0.1) is 5.82 Å². The van der Waals surface area contributed by atoms with Crippen molar-refractivity contribution in [2.45, 2.75) is 25.4 Å². The van der Waals surface area contributed by atoms with Crippen molar-refractivity contribution >= 4 is 23.9 Å². The Balaban J connectivity index is 1.72. The van der Waals surface area contributed by atoms with E-state index in [1.165, 1.54) is 31.2 Å². The van der Waals surface area contributed by atoms with Gasteiger partial charge in [-0.2, -0.15) is 0 Å². The molecule has 2 aliphatic rings. The van der Waals surface area contributed by atoms with Crippen molar-refractivity contribution in [1.29, 1.82) is 0 Å². The van der Waals surface area contributed by atoms with Gasteiger partial charge in [0.05, 0.1) is 30.5 Å². The number of halogens is 1. The molecule has 0 aliphatic carbocycles. The van der Waals surface area contributed by atoms with Crippen LogP contribution in [0.5, 0.6) is 0 Å². The number of imide groups is 1. The van der Waals surface area contributed by atoms with Crippen LogP contribution < -0.4 is 16.0 Å². The van der Waals surface area contributed by atoms with E-state index < -0.39 is 41.3 Å². The summed E-state index contributed by atoms with van der Waals surface area (Å²) in [5.41, 5.74) is -0.255. The second kappa shape index (κ2) is 8.97. The van der Waals surface area contributed by atoms with Gasteiger partial charge in [0.1, 0.15) is 11.4 Å². The zero-order chi connectivity index (χ0) is 24.5. The number of nitrogens with zero attached hydrogens (tertiary/aromatic N) is 1. The van der Waals surface area contributed by atoms with Crippen molar-refractivity contribution in [3.05, 3.63) is 82.8 Å². The molecule has 2 aromatic carbocycles. The second-order valence-corrected chi connectivity index (χ2v) is 8.01. The van der Waals surface area contributed by atoms with Gasteiger partial charge in [-0.05, 0) is 37.1 Å². The number of amides is 5. The summed E-state index contributed by atoms with van der Waals surface area (Å²) in [7, 11) is 0. The van der Waals surface area contributed by atoms with Gasteiger partial charge in [-0.15, -0.1) is 0 Å². The highest BCUT2D eigenvalue weighted by Gasteiger charge is 2.50. The standard InChI is InChI=1S/C24H23FN4O5/c1-3-34-20(30)18-17(26-22(32)27-19(18)14-7-5-4-6-8-14)13-29-21(31)24(2,28-23(29)33)15-9-11-16(25)12-10-15/h4-12,19H,3,13H2,1-2H3,(H,28,33)(H2,26,27,32). The Labute approximate surface area is 195 Å². The Kier molecular flexibility index (Phi) is 6.06. The van der Waals surface area contributed by atoms with E-state index in [4.69, 9.17) is 4.74 Å². The minimum atomic E-state index is -1.44. The van der Waals surface area contributed by atoms with Crippen LogP contribution in [0.25, 0.3) is 0 Å². The molecule has 1 saturated heterocycles. The van der Waals surface area contributed by atoms with Crippen molar-refractivity contribution in [3.8, 4) is 0 Å². The Morgan fingerprint density at radius 1 is 1.09 bits per heavy atom. The van der Waals surface area contributed by atoms with E-state index in [2.05, 4.69) is 16.0 Å². The number of esters is 1. The SMILES string of the molecule is CCOC(=O)C1=C(CN2C(=O)NC(C)(c3ccc(F)cc3)C2=O)NC(=O)NC1c1ccccc1. The molecular weight excluding hydrogens is 443 g/mol. The quantitative estimate of drug-likeness (QED) is 0.447. The molecule has 0 aromatic heterocycles. The Bertz CT molecular complexity index is 1180. The number of carbonyl (C=O) groups is 4. The predicted molar refractivity (Wildman–Crippen MR) is 119 cm³/mol. The van der Waals surface area contributed by atoms with E-state index in [0.29, 0.717) is 11.1 Å². The Morgan fingerprint density at radius 3 is 2.41 bits per heavy atom. The molecule has 2 unspecified atom stereocenters. The molecule has 5 amide bonds. The summed E-state index contributed by atoms with van der Waals surface area (Å²) < 4.78 is 18.6. The van der Waals surface area contributed by atoms with E-state index in [1.807, 2.05) is 0 Å². The summed E-state index contributed by atoms with van der Waals surface area (Å²) in [4.78, 5) is 52.4. The lowest BCUT2D eigenvalue weighted by atomic mass is 9.91. The van der Waals surface area contributed by atoms with E-state index in [1.54, 1.807) is 37.3 Å². The van der Waals surface area contributed by atoms with Crippen molar-refractivity contribution in [1.82, 2.24) is 20.9 Å². The number of ether oxygens (including phenoxy) is 1. The minimum absolute atomic E-state index is 0.0721. The molecule has 2 atom stereocenters. The van der Waals surface area contributed by atoms with Gasteiger partial charge in [0.15, 0.2) is 0 Å². The molecule has 0 saturated carbocycles. The summed E-state index contributed by atoms with van der Waals surface area (Å²) in [6, 6.07) is 11.9. The molecule has 34 heavy (non-hydrogen) atoms. The summed E-state index contributed by atoms with van der Waals surface area (Å²) >= 11 is 0. The number of hydrogen-bond acceptors (Lipinski definition) is 5. The van der Waals surface area contributed by atoms with E-state index in [9.17, 15) is 23.6 Å². The zero-order valence-corrected chi connectivity index (χ0v) is 18.6. The molecule has 0 bridgehead atoms. The first-order valence-corrected chi connectivity index (χ1v) is 10.7. The van der Waals surface area contributed by atoms with Crippen molar-refractivity contribution in [3.63, 3.8) is 0 Å². The number of benzene rings is 2. The van der Waals surface area contributed by atoms with Gasteiger partial charge in [0, 0.05) is 0 Å². The highest BCUT2D eigenvalue weighted by molar-refractivity contribution is 6.07. The summed E-state index contributed by atoms with van der Waals surface area (Å²) in [5.74, 6) is -1.77. The lowest BCUT2D eigenvalue weighted by Gasteiger charge is -2.30. The van der Waals surface area contributed by atoms with Crippen LogP contribution in [0.2, 0.25) is 0 Å². The fraction of sp³-hybridized carbons (Fsp3) is 0.250. The normalized spacial score (nSPS) is 22.3. The van der Waals surface area contributed by atoms with Gasteiger partial charge in [0.25, 0.3) is 5.91 Å². The van der Waals surface area contributed by atoms with Crippen LogP contribution in [0.1, 0.15) is 31.0 Å². The van der Waals surface area contributed by atoms with Crippen molar-refractivity contribution < 1.29 is 28.3 Å². The first-order chi connectivity index (χ1) is 16.2. The van der Waals surface area contributed by atoms with Crippen LogP contribution in [0.4, 0.5) is 14.0 Å². The maximum atomic E-state index is 13.4. The molecule has 4 rings (SSSR count). The number of hydrogen-bond donors (Lipinski definition) is 3. The number of nitrogens with one attached hydrogen (secondary N) is 3. The van der Waals surface area contributed by atoms with Gasteiger partial charge in [0.2, 0.25) is 0 Å². The minimum Gasteiger partial charge on any atom is -0.463 e. The summed E-state index contributed by atoms with van der Waals surface area (Å²) in [5, 5.41) is 7.88. The first kappa shape index (κ1) is 23.0. The molecule has 176 valence electrons. The number of urea groups is 2. The highest BCUT2D eigenvalue weighted by Crippen LogP contribution is 2.32. The molecule has 2 aromatic rings. The van der Waals surface area contributed by atoms with Gasteiger partial charge < -0.3 is 20.7 Å². The molecule has 1 fully saturated rings. The van der Waals surface area contributed by atoms with E-state index in [-0.39, 0.29) is 24.4 Å². The zero-order valence-electron chi connectivity index (χ0n) is 18.6. The van der Waals surface area contributed by atoms with Gasteiger partial charge in [-0.3, -0.25) is 9.69 Å². The third-order valence-corrected chi connectivity index (χ3v) is 5.79. The molecule has 9 nitrogen and oxygen atoms in total. The molecule has 0 radical (unpaired) electrons. The lowest BCUT2D eigenvalue weighted by molar-refractivity contribution is -0.139. The molecular formula is C24H23FN4O5. The topological polar surface area (TPSA) is 117 Å². The summed E-state index contributed by atoms with van der Waals surface area (Å²) in [6.45, 7) is 2.88. The fourth-order valence-electron chi connectivity index (χ4n) is 4.07. The molecule has 2 heterocycles.